The third-order valence-electron chi connectivity index (χ3n) is 3.96. The van der Waals surface area contributed by atoms with Gasteiger partial charge in [0.2, 0.25) is 5.91 Å². The number of halogens is 1. The fraction of sp³-hybridized carbons (Fsp3) is 0.200. The molecule has 1 aliphatic rings. The Labute approximate surface area is 162 Å². The molecule has 2 amide bonds. The van der Waals surface area contributed by atoms with Crippen LogP contribution in [0, 0.1) is 0 Å². The molecule has 7 heteroatoms. The molecule has 0 bridgehead atoms. The number of amides is 2. The number of hydrogen-bond donors (Lipinski definition) is 2. The van der Waals surface area contributed by atoms with Crippen molar-refractivity contribution in [3.05, 3.63) is 64.2 Å². The summed E-state index contributed by atoms with van der Waals surface area (Å²) in [5, 5.41) is 5.80. The van der Waals surface area contributed by atoms with Gasteiger partial charge in [0, 0.05) is 25.2 Å². The van der Waals surface area contributed by atoms with Gasteiger partial charge in [0.25, 0.3) is 5.91 Å². The molecule has 0 atom stereocenters. The molecule has 140 valence electrons. The lowest BCUT2D eigenvalue weighted by atomic mass is 10.1. The van der Waals surface area contributed by atoms with Gasteiger partial charge >= 0.3 is 0 Å². The monoisotopic (exact) mass is 386 g/mol. The van der Waals surface area contributed by atoms with Gasteiger partial charge in [-0.25, -0.2) is 0 Å². The number of rotatable bonds is 5. The predicted molar refractivity (Wildman–Crippen MR) is 103 cm³/mol. The molecule has 0 radical (unpaired) electrons. The summed E-state index contributed by atoms with van der Waals surface area (Å²) in [4.78, 5) is 23.5. The Hall–Kier alpha value is -2.99. The molecule has 0 spiro atoms. The number of carbonyl (C=O) groups excluding carboxylic acids is 2. The Morgan fingerprint density at radius 1 is 1.15 bits per heavy atom. The Kier molecular flexibility index (Phi) is 5.98. The van der Waals surface area contributed by atoms with Gasteiger partial charge in [-0.3, -0.25) is 9.59 Å². The summed E-state index contributed by atoms with van der Waals surface area (Å²) in [6.07, 6.45) is 3.09. The normalized spacial score (nSPS) is 12.7. The average Bonchev–Trinajstić information content (AvgIpc) is 2.70. The van der Waals surface area contributed by atoms with E-state index in [-0.39, 0.29) is 11.8 Å². The van der Waals surface area contributed by atoms with E-state index in [1.807, 2.05) is 0 Å². The first kappa shape index (κ1) is 18.8. The fourth-order valence-corrected chi connectivity index (χ4v) is 2.84. The third-order valence-corrected chi connectivity index (χ3v) is 4.24. The van der Waals surface area contributed by atoms with Crippen molar-refractivity contribution in [1.82, 2.24) is 10.6 Å². The summed E-state index contributed by atoms with van der Waals surface area (Å²) in [5.41, 5.74) is 2.21. The molecule has 2 N–H and O–H groups in total. The van der Waals surface area contributed by atoms with Crippen LogP contribution in [0.5, 0.6) is 11.5 Å². The first-order valence-corrected chi connectivity index (χ1v) is 8.80. The number of benzene rings is 2. The molecular formula is C20H19ClN2O4. The Morgan fingerprint density at radius 3 is 2.63 bits per heavy atom. The second kappa shape index (κ2) is 8.60. The maximum Gasteiger partial charge on any atom is 0.251 e. The molecule has 0 aromatic heterocycles. The zero-order valence-electron chi connectivity index (χ0n) is 14.8. The second-order valence-corrected chi connectivity index (χ2v) is 6.26. The molecule has 2 aromatic rings. The highest BCUT2D eigenvalue weighted by atomic mass is 35.5. The van der Waals surface area contributed by atoms with Gasteiger partial charge in [0.05, 0.1) is 5.02 Å². The summed E-state index contributed by atoms with van der Waals surface area (Å²) in [7, 11) is 1.58. The largest absolute Gasteiger partial charge is 0.486 e. The highest BCUT2D eigenvalue weighted by Crippen LogP contribution is 2.38. The molecule has 1 heterocycles. The van der Waals surface area contributed by atoms with E-state index in [1.165, 1.54) is 6.08 Å². The van der Waals surface area contributed by atoms with E-state index in [0.29, 0.717) is 41.8 Å². The van der Waals surface area contributed by atoms with E-state index in [0.717, 1.165) is 11.1 Å². The van der Waals surface area contributed by atoms with Crippen LogP contribution in [-0.4, -0.2) is 32.1 Å². The molecule has 27 heavy (non-hydrogen) atoms. The molecule has 1 aliphatic heterocycles. The van der Waals surface area contributed by atoms with E-state index >= 15 is 0 Å². The zero-order valence-corrected chi connectivity index (χ0v) is 15.5. The summed E-state index contributed by atoms with van der Waals surface area (Å²) in [6.45, 7) is 1.29. The van der Waals surface area contributed by atoms with Gasteiger partial charge in [0.1, 0.15) is 13.2 Å². The highest BCUT2D eigenvalue weighted by Gasteiger charge is 2.15. The molecule has 0 saturated heterocycles. The van der Waals surface area contributed by atoms with Crippen molar-refractivity contribution in [1.29, 1.82) is 0 Å². The number of hydrogen-bond acceptors (Lipinski definition) is 4. The van der Waals surface area contributed by atoms with Gasteiger partial charge in [-0.05, 0) is 41.5 Å². The first-order valence-electron chi connectivity index (χ1n) is 8.43. The van der Waals surface area contributed by atoms with Crippen LogP contribution < -0.4 is 20.1 Å². The van der Waals surface area contributed by atoms with Crippen molar-refractivity contribution < 1.29 is 19.1 Å². The van der Waals surface area contributed by atoms with Crippen molar-refractivity contribution in [2.24, 2.45) is 0 Å². The number of fused-ring (bicyclic) bond motifs is 1. The highest BCUT2D eigenvalue weighted by molar-refractivity contribution is 6.32. The number of carbonyl (C=O) groups is 2. The second-order valence-electron chi connectivity index (χ2n) is 5.85. The van der Waals surface area contributed by atoms with Crippen LogP contribution in [0.1, 0.15) is 21.5 Å². The molecule has 0 unspecified atom stereocenters. The SMILES string of the molecule is CNC(=O)c1ccc(CNC(=O)/C=C/c2cc(Cl)c3c(c2)OCCO3)cc1. The molecule has 0 saturated carbocycles. The number of ether oxygens (including phenoxy) is 2. The van der Waals surface area contributed by atoms with Gasteiger partial charge < -0.3 is 20.1 Å². The molecule has 0 fully saturated rings. The number of nitrogens with one attached hydrogen (secondary N) is 2. The van der Waals surface area contributed by atoms with Crippen molar-refractivity contribution in [2.75, 3.05) is 20.3 Å². The average molecular weight is 387 g/mol. The van der Waals surface area contributed by atoms with E-state index in [9.17, 15) is 9.59 Å². The van der Waals surface area contributed by atoms with Crippen LogP contribution in [0.4, 0.5) is 0 Å². The lowest BCUT2D eigenvalue weighted by Gasteiger charge is -2.19. The van der Waals surface area contributed by atoms with E-state index < -0.39 is 0 Å². The molecule has 6 nitrogen and oxygen atoms in total. The quantitative estimate of drug-likeness (QED) is 0.775. The van der Waals surface area contributed by atoms with Crippen LogP contribution >= 0.6 is 11.6 Å². The smallest absolute Gasteiger partial charge is 0.251 e. The lowest BCUT2D eigenvalue weighted by Crippen LogP contribution is -2.20. The summed E-state index contributed by atoms with van der Waals surface area (Å²) < 4.78 is 11.0. The molecule has 0 aliphatic carbocycles. The van der Waals surface area contributed by atoms with Gasteiger partial charge in [-0.2, -0.15) is 0 Å². The van der Waals surface area contributed by atoms with Gasteiger partial charge in [0.15, 0.2) is 11.5 Å². The van der Waals surface area contributed by atoms with Crippen LogP contribution in [0.25, 0.3) is 6.08 Å². The maximum absolute atomic E-state index is 12.0. The topological polar surface area (TPSA) is 76.7 Å². The third kappa shape index (κ3) is 4.80. The first-order chi connectivity index (χ1) is 13.1. The van der Waals surface area contributed by atoms with Crippen molar-refractivity contribution in [2.45, 2.75) is 6.54 Å². The Morgan fingerprint density at radius 2 is 1.89 bits per heavy atom. The van der Waals surface area contributed by atoms with Gasteiger partial charge in [-0.1, -0.05) is 23.7 Å². The lowest BCUT2D eigenvalue weighted by molar-refractivity contribution is -0.116. The van der Waals surface area contributed by atoms with Crippen LogP contribution in [0.2, 0.25) is 5.02 Å². The van der Waals surface area contributed by atoms with Crippen molar-refractivity contribution in [3.8, 4) is 11.5 Å². The Balaban J connectivity index is 1.58. The predicted octanol–water partition coefficient (Wildman–Crippen LogP) is 2.80. The maximum atomic E-state index is 12.0. The minimum atomic E-state index is -0.239. The standard InChI is InChI=1S/C20H19ClN2O4/c1-22-20(25)15-5-2-13(3-6-15)12-23-18(24)7-4-14-10-16(21)19-17(11-14)26-8-9-27-19/h2-7,10-11H,8-9,12H2,1H3,(H,22,25)(H,23,24)/b7-4+. The summed E-state index contributed by atoms with van der Waals surface area (Å²) >= 11 is 6.18. The van der Waals surface area contributed by atoms with E-state index in [1.54, 1.807) is 49.5 Å². The van der Waals surface area contributed by atoms with Gasteiger partial charge in [-0.15, -0.1) is 0 Å². The summed E-state index contributed by atoms with van der Waals surface area (Å²) in [5.74, 6) is 0.720. The van der Waals surface area contributed by atoms with E-state index in [2.05, 4.69) is 10.6 Å². The molecule has 2 aromatic carbocycles. The Bertz CT molecular complexity index is 878. The molecule has 3 rings (SSSR count). The van der Waals surface area contributed by atoms with E-state index in [4.69, 9.17) is 21.1 Å². The van der Waals surface area contributed by atoms with Crippen LogP contribution in [0.3, 0.4) is 0 Å². The van der Waals surface area contributed by atoms with Crippen LogP contribution in [0.15, 0.2) is 42.5 Å². The summed E-state index contributed by atoms with van der Waals surface area (Å²) in [6, 6.07) is 10.5. The van der Waals surface area contributed by atoms with Crippen LogP contribution in [-0.2, 0) is 11.3 Å². The zero-order chi connectivity index (χ0) is 19.2. The van der Waals surface area contributed by atoms with Crippen molar-refractivity contribution in [3.63, 3.8) is 0 Å². The minimum absolute atomic E-state index is 0.147. The minimum Gasteiger partial charge on any atom is -0.486 e. The molecular weight excluding hydrogens is 368 g/mol. The fourth-order valence-electron chi connectivity index (χ4n) is 2.57. The van der Waals surface area contributed by atoms with Crippen molar-refractivity contribution >= 4 is 29.5 Å².